The lowest BCUT2D eigenvalue weighted by molar-refractivity contribution is 0.102. The van der Waals surface area contributed by atoms with Gasteiger partial charge in [0.15, 0.2) is 0 Å². The van der Waals surface area contributed by atoms with E-state index in [1.54, 1.807) is 12.1 Å². The van der Waals surface area contributed by atoms with Gasteiger partial charge in [0, 0.05) is 14.6 Å². The molecule has 0 radical (unpaired) electrons. The van der Waals surface area contributed by atoms with Crippen LogP contribution in [-0.4, -0.2) is 11.0 Å². The molecule has 0 aliphatic carbocycles. The number of halogens is 2. The van der Waals surface area contributed by atoms with Gasteiger partial charge in [0.25, 0.3) is 5.91 Å². The number of phenols is 1. The number of anilines is 1. The average Bonchev–Trinajstić information content (AvgIpc) is 2.34. The number of amides is 1. The lowest BCUT2D eigenvalue weighted by atomic mass is 10.1. The summed E-state index contributed by atoms with van der Waals surface area (Å²) in [6.45, 7) is 1.90. The molecule has 0 aromatic heterocycles. The summed E-state index contributed by atoms with van der Waals surface area (Å²) >= 11 is 6.64. The van der Waals surface area contributed by atoms with Gasteiger partial charge in [0.1, 0.15) is 5.75 Å². The Morgan fingerprint density at radius 2 is 1.95 bits per heavy atom. The highest BCUT2D eigenvalue weighted by atomic mass is 79.9. The van der Waals surface area contributed by atoms with Crippen LogP contribution in [0, 0.1) is 6.92 Å². The maximum Gasteiger partial charge on any atom is 0.259 e. The molecule has 0 fully saturated rings. The van der Waals surface area contributed by atoms with E-state index in [1.165, 1.54) is 6.07 Å². The van der Waals surface area contributed by atoms with Crippen molar-refractivity contribution in [3.05, 3.63) is 56.5 Å². The third-order valence-electron chi connectivity index (χ3n) is 2.72. The molecule has 0 spiro atoms. The monoisotopic (exact) mass is 383 g/mol. The molecular weight excluding hydrogens is 374 g/mol. The molecular formula is C14H11Br2NO2. The van der Waals surface area contributed by atoms with Crippen molar-refractivity contribution in [1.82, 2.24) is 0 Å². The number of phenolic OH excluding ortho intramolecular Hbond substituents is 1. The highest BCUT2D eigenvalue weighted by Gasteiger charge is 2.13. The molecule has 19 heavy (non-hydrogen) atoms. The Morgan fingerprint density at radius 3 is 2.63 bits per heavy atom. The second kappa shape index (κ2) is 5.75. The van der Waals surface area contributed by atoms with Crippen LogP contribution in [-0.2, 0) is 0 Å². The number of benzene rings is 2. The molecule has 0 atom stereocenters. The number of hydrogen-bond donors (Lipinski definition) is 2. The summed E-state index contributed by atoms with van der Waals surface area (Å²) in [6.07, 6.45) is 0. The van der Waals surface area contributed by atoms with Crippen LogP contribution in [0.5, 0.6) is 5.75 Å². The lowest BCUT2D eigenvalue weighted by Gasteiger charge is -2.10. The molecule has 0 bridgehead atoms. The minimum atomic E-state index is -0.341. The van der Waals surface area contributed by atoms with Crippen LogP contribution in [0.15, 0.2) is 45.3 Å². The van der Waals surface area contributed by atoms with Gasteiger partial charge in [-0.1, -0.05) is 37.9 Å². The zero-order chi connectivity index (χ0) is 14.0. The first-order valence-electron chi connectivity index (χ1n) is 5.54. The summed E-state index contributed by atoms with van der Waals surface area (Å²) < 4.78 is 1.64. The molecule has 2 aromatic rings. The van der Waals surface area contributed by atoms with Crippen molar-refractivity contribution in [2.24, 2.45) is 0 Å². The first-order valence-corrected chi connectivity index (χ1v) is 7.12. The van der Waals surface area contributed by atoms with E-state index in [0.717, 1.165) is 14.5 Å². The minimum Gasteiger partial charge on any atom is -0.507 e. The summed E-state index contributed by atoms with van der Waals surface area (Å²) in [4.78, 5) is 12.1. The van der Waals surface area contributed by atoms with E-state index in [0.29, 0.717) is 5.69 Å². The third-order valence-corrected chi connectivity index (χ3v) is 4.07. The van der Waals surface area contributed by atoms with E-state index in [2.05, 4.69) is 37.2 Å². The first kappa shape index (κ1) is 14.1. The topological polar surface area (TPSA) is 49.3 Å². The van der Waals surface area contributed by atoms with Crippen molar-refractivity contribution in [3.63, 3.8) is 0 Å². The molecule has 0 saturated carbocycles. The number of carbonyl (C=O) groups is 1. The van der Waals surface area contributed by atoms with Crippen molar-refractivity contribution in [3.8, 4) is 5.75 Å². The number of carbonyl (C=O) groups excluding carboxylic acids is 1. The highest BCUT2D eigenvalue weighted by Crippen LogP contribution is 2.26. The zero-order valence-electron chi connectivity index (χ0n) is 10.1. The molecule has 0 heterocycles. The maximum absolute atomic E-state index is 12.1. The van der Waals surface area contributed by atoms with Gasteiger partial charge in [-0.15, -0.1) is 0 Å². The Balaban J connectivity index is 2.28. The number of nitrogens with one attached hydrogen (secondary N) is 1. The Kier molecular flexibility index (Phi) is 4.27. The molecule has 5 heteroatoms. The Hall–Kier alpha value is -1.33. The van der Waals surface area contributed by atoms with E-state index < -0.39 is 0 Å². The quantitative estimate of drug-likeness (QED) is 0.801. The zero-order valence-corrected chi connectivity index (χ0v) is 13.2. The predicted octanol–water partition coefficient (Wildman–Crippen LogP) is 4.48. The molecule has 0 aliphatic rings. The summed E-state index contributed by atoms with van der Waals surface area (Å²) in [7, 11) is 0. The standard InChI is InChI=1S/C14H11Br2NO2/c1-8-11(16)3-2-4-12(8)17-14(19)10-6-5-9(15)7-13(10)18/h2-7,18H,1H3,(H,17,19). The number of aromatic hydroxyl groups is 1. The van der Waals surface area contributed by atoms with Gasteiger partial charge in [-0.3, -0.25) is 4.79 Å². The van der Waals surface area contributed by atoms with Crippen LogP contribution in [0.1, 0.15) is 15.9 Å². The second-order valence-corrected chi connectivity index (χ2v) is 5.80. The fourth-order valence-corrected chi connectivity index (χ4v) is 2.34. The van der Waals surface area contributed by atoms with Crippen molar-refractivity contribution in [2.45, 2.75) is 6.92 Å². The Morgan fingerprint density at radius 1 is 1.21 bits per heavy atom. The van der Waals surface area contributed by atoms with Gasteiger partial charge in [-0.05, 0) is 42.8 Å². The molecule has 0 aliphatic heterocycles. The first-order chi connectivity index (χ1) is 8.99. The number of rotatable bonds is 2. The highest BCUT2D eigenvalue weighted by molar-refractivity contribution is 9.10. The fourth-order valence-electron chi connectivity index (χ4n) is 1.63. The molecule has 2 aromatic carbocycles. The van der Waals surface area contributed by atoms with E-state index in [1.807, 2.05) is 25.1 Å². The fraction of sp³-hybridized carbons (Fsp3) is 0.0714. The van der Waals surface area contributed by atoms with Crippen LogP contribution in [0.4, 0.5) is 5.69 Å². The molecule has 1 amide bonds. The van der Waals surface area contributed by atoms with Crippen LogP contribution >= 0.6 is 31.9 Å². The second-order valence-electron chi connectivity index (χ2n) is 4.03. The van der Waals surface area contributed by atoms with E-state index in [4.69, 9.17) is 0 Å². The summed E-state index contributed by atoms with van der Waals surface area (Å²) in [5.41, 5.74) is 1.89. The Labute approximate surface area is 127 Å². The van der Waals surface area contributed by atoms with Crippen LogP contribution < -0.4 is 5.32 Å². The van der Waals surface area contributed by atoms with Crippen LogP contribution in [0.25, 0.3) is 0 Å². The SMILES string of the molecule is Cc1c(Br)cccc1NC(=O)c1ccc(Br)cc1O. The minimum absolute atomic E-state index is 0.0560. The van der Waals surface area contributed by atoms with Gasteiger partial charge in [-0.25, -0.2) is 0 Å². The molecule has 0 saturated heterocycles. The van der Waals surface area contributed by atoms with Crippen LogP contribution in [0.2, 0.25) is 0 Å². The normalized spacial score (nSPS) is 10.3. The predicted molar refractivity (Wildman–Crippen MR) is 82.6 cm³/mol. The van der Waals surface area contributed by atoms with Crippen molar-refractivity contribution in [2.75, 3.05) is 5.32 Å². The van der Waals surface area contributed by atoms with E-state index in [9.17, 15) is 9.90 Å². The molecule has 98 valence electrons. The van der Waals surface area contributed by atoms with Gasteiger partial charge in [0.05, 0.1) is 5.56 Å². The molecule has 0 unspecified atom stereocenters. The van der Waals surface area contributed by atoms with E-state index >= 15 is 0 Å². The van der Waals surface area contributed by atoms with Gasteiger partial charge in [0.2, 0.25) is 0 Å². The number of hydrogen-bond acceptors (Lipinski definition) is 2. The Bertz CT molecular complexity index is 641. The van der Waals surface area contributed by atoms with E-state index in [-0.39, 0.29) is 17.2 Å². The summed E-state index contributed by atoms with van der Waals surface area (Å²) in [5.74, 6) is -0.397. The lowest BCUT2D eigenvalue weighted by Crippen LogP contribution is -2.13. The largest absolute Gasteiger partial charge is 0.507 e. The van der Waals surface area contributed by atoms with Gasteiger partial charge >= 0.3 is 0 Å². The summed E-state index contributed by atoms with van der Waals surface area (Å²) in [5, 5.41) is 12.5. The van der Waals surface area contributed by atoms with Gasteiger partial charge in [-0.2, -0.15) is 0 Å². The maximum atomic E-state index is 12.1. The van der Waals surface area contributed by atoms with Crippen molar-refractivity contribution >= 4 is 43.5 Å². The van der Waals surface area contributed by atoms with Crippen molar-refractivity contribution in [1.29, 1.82) is 0 Å². The van der Waals surface area contributed by atoms with Gasteiger partial charge < -0.3 is 10.4 Å². The molecule has 2 rings (SSSR count). The van der Waals surface area contributed by atoms with Crippen LogP contribution in [0.3, 0.4) is 0 Å². The third kappa shape index (κ3) is 3.16. The molecule has 3 nitrogen and oxygen atoms in total. The average molecular weight is 385 g/mol. The smallest absolute Gasteiger partial charge is 0.259 e. The van der Waals surface area contributed by atoms with Crippen molar-refractivity contribution < 1.29 is 9.90 Å². The molecule has 2 N–H and O–H groups in total. The summed E-state index contributed by atoms with van der Waals surface area (Å²) in [6, 6.07) is 10.3.